The summed E-state index contributed by atoms with van der Waals surface area (Å²) < 4.78 is 32.1. The highest BCUT2D eigenvalue weighted by Gasteiger charge is 2.45. The zero-order valence-corrected chi connectivity index (χ0v) is 24.2. The third kappa shape index (κ3) is 4.38. The van der Waals surface area contributed by atoms with Crippen molar-refractivity contribution >= 4 is 11.0 Å². The molecule has 0 saturated heterocycles. The summed E-state index contributed by atoms with van der Waals surface area (Å²) in [7, 11) is 0. The van der Waals surface area contributed by atoms with E-state index in [1.54, 1.807) is 18.3 Å². The van der Waals surface area contributed by atoms with Crippen molar-refractivity contribution in [1.29, 1.82) is 0 Å². The van der Waals surface area contributed by atoms with Crippen molar-refractivity contribution in [2.45, 2.75) is 77.1 Å². The normalized spacial score (nSPS) is 19.2. The number of alkyl halides is 2. The summed E-state index contributed by atoms with van der Waals surface area (Å²) in [6.45, 7) is 4.51. The van der Waals surface area contributed by atoms with Crippen LogP contribution in [0.5, 0.6) is 0 Å². The smallest absolute Gasteiger partial charge is 0.299 e. The number of fused-ring (bicyclic) bond motifs is 4. The second kappa shape index (κ2) is 9.35. The summed E-state index contributed by atoms with van der Waals surface area (Å²) in [6.07, 6.45) is 11.6. The number of hydrogen-bond donors (Lipinski definition) is 2. The summed E-state index contributed by atoms with van der Waals surface area (Å²) in [6, 6.07) is 16.9. The van der Waals surface area contributed by atoms with Gasteiger partial charge in [-0.1, -0.05) is 69.9 Å². The lowest BCUT2D eigenvalue weighted by Crippen LogP contribution is -2.11. The van der Waals surface area contributed by atoms with Gasteiger partial charge in [-0.05, 0) is 77.1 Å². The van der Waals surface area contributed by atoms with Crippen molar-refractivity contribution < 1.29 is 8.78 Å². The molecule has 2 fully saturated rings. The highest BCUT2D eigenvalue weighted by Crippen LogP contribution is 2.53. The van der Waals surface area contributed by atoms with Crippen molar-refractivity contribution in [3.8, 4) is 33.5 Å². The third-order valence-corrected chi connectivity index (χ3v) is 10.1. The van der Waals surface area contributed by atoms with E-state index in [1.807, 2.05) is 42.5 Å². The van der Waals surface area contributed by atoms with Crippen LogP contribution in [0.1, 0.15) is 87.5 Å². The zero-order valence-electron chi connectivity index (χ0n) is 24.2. The number of rotatable bonds is 7. The maximum absolute atomic E-state index is 16.1. The molecule has 1 atom stereocenters. The molecule has 1 unspecified atom stereocenters. The molecule has 3 aliphatic rings. The fourth-order valence-corrected chi connectivity index (χ4v) is 7.38. The largest absolute Gasteiger partial charge is 0.342 e. The topological polar surface area (TPSA) is 57.4 Å². The molecule has 0 radical (unpaired) electrons. The summed E-state index contributed by atoms with van der Waals surface area (Å²) in [5.74, 6) is -0.111. The van der Waals surface area contributed by atoms with E-state index in [4.69, 9.17) is 4.98 Å². The minimum absolute atomic E-state index is 0.0578. The number of nitrogens with zero attached hydrogens (tertiary/aromatic N) is 2. The van der Waals surface area contributed by atoms with Gasteiger partial charge in [0.1, 0.15) is 11.6 Å². The molecule has 3 aliphatic carbocycles. The molecule has 4 nitrogen and oxygen atoms in total. The first-order valence-corrected chi connectivity index (χ1v) is 15.5. The minimum atomic E-state index is -3.08. The second-order valence-electron chi connectivity index (χ2n) is 13.5. The molecule has 0 bridgehead atoms. The Kier molecular flexibility index (Phi) is 5.76. The van der Waals surface area contributed by atoms with Crippen LogP contribution >= 0.6 is 0 Å². The predicted octanol–water partition coefficient (Wildman–Crippen LogP) is 9.77. The summed E-state index contributed by atoms with van der Waals surface area (Å²) in [5.41, 5.74) is 6.85. The standard InChI is InChI=1S/C36H36F2N4/c1-21(19-35(2)13-14-35)34-39-20-32(42-34)25-8-11-27-26-10-7-23(16-28(26)36(37,38)29(27)17-25)24-9-12-30-31(18-24)41-33(40-30)15-22-5-3-4-6-22/h7-12,16-18,20-22H,3-6,13-15,19H2,1-2H3,(H,39,42)(H,40,41). The SMILES string of the molecule is CC(CC1(C)CC1)c1ncc(-c2ccc3c(c2)C(F)(F)c2cc(-c4ccc5nc(CC6CCCC6)[nH]c5c4)ccc2-3)[nH]1. The van der Waals surface area contributed by atoms with Gasteiger partial charge >= 0.3 is 0 Å². The van der Waals surface area contributed by atoms with Crippen LogP contribution in [0, 0.1) is 11.3 Å². The van der Waals surface area contributed by atoms with Gasteiger partial charge in [-0.25, -0.2) is 9.97 Å². The maximum Gasteiger partial charge on any atom is 0.299 e. The van der Waals surface area contributed by atoms with Crippen LogP contribution in [-0.2, 0) is 12.3 Å². The monoisotopic (exact) mass is 562 g/mol. The quantitative estimate of drug-likeness (QED) is 0.207. The zero-order chi connectivity index (χ0) is 28.6. The first-order chi connectivity index (χ1) is 20.3. The first kappa shape index (κ1) is 25.9. The Morgan fingerprint density at radius 3 is 2.29 bits per heavy atom. The van der Waals surface area contributed by atoms with Gasteiger partial charge in [0.15, 0.2) is 0 Å². The van der Waals surface area contributed by atoms with E-state index in [1.165, 1.54) is 38.5 Å². The number of H-pyrrole nitrogens is 2. The lowest BCUT2D eigenvalue weighted by Gasteiger charge is -2.14. The Labute approximate surface area is 245 Å². The summed E-state index contributed by atoms with van der Waals surface area (Å²) in [4.78, 5) is 16.3. The second-order valence-corrected chi connectivity index (χ2v) is 13.5. The molecule has 0 spiro atoms. The number of hydrogen-bond acceptors (Lipinski definition) is 2. The van der Waals surface area contributed by atoms with E-state index in [-0.39, 0.29) is 11.1 Å². The van der Waals surface area contributed by atoms with Crippen molar-refractivity contribution in [3.63, 3.8) is 0 Å². The van der Waals surface area contributed by atoms with Crippen LogP contribution in [-0.4, -0.2) is 19.9 Å². The highest BCUT2D eigenvalue weighted by atomic mass is 19.3. The highest BCUT2D eigenvalue weighted by molar-refractivity contribution is 5.86. The Hall–Kier alpha value is -3.80. The van der Waals surface area contributed by atoms with Crippen LogP contribution in [0.25, 0.3) is 44.5 Å². The molecule has 2 heterocycles. The minimum Gasteiger partial charge on any atom is -0.342 e. The first-order valence-electron chi connectivity index (χ1n) is 15.5. The molecule has 3 aromatic carbocycles. The summed E-state index contributed by atoms with van der Waals surface area (Å²) in [5, 5.41) is 0. The molecule has 2 saturated carbocycles. The summed E-state index contributed by atoms with van der Waals surface area (Å²) >= 11 is 0. The number of nitrogens with one attached hydrogen (secondary N) is 2. The van der Waals surface area contributed by atoms with E-state index in [2.05, 4.69) is 28.8 Å². The number of halogens is 2. The number of imidazole rings is 2. The van der Waals surface area contributed by atoms with Crippen LogP contribution < -0.4 is 0 Å². The molecule has 8 rings (SSSR count). The average Bonchev–Trinajstić information content (AvgIpc) is 3.48. The van der Waals surface area contributed by atoms with Crippen LogP contribution in [0.3, 0.4) is 0 Å². The van der Waals surface area contributed by atoms with E-state index in [9.17, 15) is 0 Å². The van der Waals surface area contributed by atoms with Gasteiger partial charge in [-0.2, -0.15) is 8.78 Å². The fraction of sp³-hybridized carbons (Fsp3) is 0.389. The van der Waals surface area contributed by atoms with Crippen molar-refractivity contribution in [1.82, 2.24) is 19.9 Å². The average molecular weight is 563 g/mol. The Morgan fingerprint density at radius 2 is 1.55 bits per heavy atom. The van der Waals surface area contributed by atoms with E-state index >= 15 is 8.78 Å². The molecule has 2 N–H and O–H groups in total. The van der Waals surface area contributed by atoms with Gasteiger partial charge < -0.3 is 9.97 Å². The van der Waals surface area contributed by atoms with E-state index < -0.39 is 5.92 Å². The number of aromatic amines is 2. The van der Waals surface area contributed by atoms with Crippen LogP contribution in [0.15, 0.2) is 60.8 Å². The molecule has 214 valence electrons. The van der Waals surface area contributed by atoms with Gasteiger partial charge in [0.25, 0.3) is 5.92 Å². The molecule has 0 aliphatic heterocycles. The van der Waals surface area contributed by atoms with Gasteiger partial charge in [0.05, 0.1) is 22.9 Å². The molecule has 42 heavy (non-hydrogen) atoms. The predicted molar refractivity (Wildman–Crippen MR) is 164 cm³/mol. The van der Waals surface area contributed by atoms with E-state index in [0.29, 0.717) is 28.4 Å². The number of benzene rings is 3. The molecular weight excluding hydrogens is 526 g/mol. The fourth-order valence-electron chi connectivity index (χ4n) is 7.38. The van der Waals surface area contributed by atoms with Crippen molar-refractivity contribution in [2.24, 2.45) is 11.3 Å². The number of aromatic nitrogens is 4. The Morgan fingerprint density at radius 1 is 0.881 bits per heavy atom. The van der Waals surface area contributed by atoms with Crippen molar-refractivity contribution in [2.75, 3.05) is 0 Å². The van der Waals surface area contributed by atoms with Crippen LogP contribution in [0.4, 0.5) is 8.78 Å². The van der Waals surface area contributed by atoms with Gasteiger partial charge in [-0.15, -0.1) is 0 Å². The van der Waals surface area contributed by atoms with Crippen molar-refractivity contribution in [3.05, 3.63) is 83.6 Å². The molecular formula is C36H36F2N4. The third-order valence-electron chi connectivity index (χ3n) is 10.1. The molecule has 2 aromatic heterocycles. The lowest BCUT2D eigenvalue weighted by atomic mass is 9.94. The molecule has 0 amide bonds. The lowest BCUT2D eigenvalue weighted by molar-refractivity contribution is 0.0481. The molecule has 6 heteroatoms. The van der Waals surface area contributed by atoms with Gasteiger partial charge in [-0.3, -0.25) is 0 Å². The van der Waals surface area contributed by atoms with Gasteiger partial charge in [0, 0.05) is 29.0 Å². The Bertz CT molecular complexity index is 1820. The molecule has 5 aromatic rings. The Balaban J connectivity index is 1.08. The van der Waals surface area contributed by atoms with Gasteiger partial charge in [0.2, 0.25) is 0 Å². The van der Waals surface area contributed by atoms with Crippen LogP contribution in [0.2, 0.25) is 0 Å². The maximum atomic E-state index is 16.1. The van der Waals surface area contributed by atoms with E-state index in [0.717, 1.165) is 57.9 Å².